The number of benzene rings is 1. The monoisotopic (exact) mass is 485 g/mol. The average Bonchev–Trinajstić information content (AvgIpc) is 3.68. The number of hydrogen-bond acceptors (Lipinski definition) is 8. The molecule has 180 valence electrons. The molecular weight excluding hydrogens is 458 g/mol. The molecule has 9 nitrogen and oxygen atoms in total. The van der Waals surface area contributed by atoms with Crippen LogP contribution in [0.1, 0.15) is 49.9 Å². The summed E-state index contributed by atoms with van der Waals surface area (Å²) in [6.45, 7) is 1.97. The minimum Gasteiger partial charge on any atom is -0.494 e. The van der Waals surface area contributed by atoms with Crippen LogP contribution < -0.4 is 15.0 Å². The molecule has 10 heteroatoms. The van der Waals surface area contributed by atoms with Crippen LogP contribution in [0.5, 0.6) is 17.4 Å². The maximum absolute atomic E-state index is 13.5. The molecule has 2 aromatic heterocycles. The van der Waals surface area contributed by atoms with Crippen LogP contribution >= 0.6 is 0 Å². The number of nitrogens with zero attached hydrogens (tertiary/aromatic N) is 3. The van der Waals surface area contributed by atoms with Gasteiger partial charge in [0.15, 0.2) is 5.03 Å². The van der Waals surface area contributed by atoms with Gasteiger partial charge < -0.3 is 14.6 Å². The van der Waals surface area contributed by atoms with Crippen LogP contribution in [0.2, 0.25) is 0 Å². The summed E-state index contributed by atoms with van der Waals surface area (Å²) < 4.78 is 39.0. The topological polar surface area (TPSA) is 121 Å². The van der Waals surface area contributed by atoms with Crippen molar-refractivity contribution in [2.24, 2.45) is 0 Å². The van der Waals surface area contributed by atoms with E-state index in [9.17, 15) is 18.3 Å². The summed E-state index contributed by atoms with van der Waals surface area (Å²) in [4.78, 5) is 20.3. The molecule has 0 saturated heterocycles. The van der Waals surface area contributed by atoms with Crippen molar-refractivity contribution in [1.29, 1.82) is 0 Å². The minimum atomic E-state index is -4.47. The predicted molar refractivity (Wildman–Crippen MR) is 125 cm³/mol. The van der Waals surface area contributed by atoms with Gasteiger partial charge in [-0.05, 0) is 48.9 Å². The van der Waals surface area contributed by atoms with Crippen LogP contribution in [0.3, 0.4) is 0 Å². The third kappa shape index (κ3) is 4.25. The quantitative estimate of drug-likeness (QED) is 0.490. The van der Waals surface area contributed by atoms with Crippen molar-refractivity contribution in [1.82, 2.24) is 14.5 Å². The largest absolute Gasteiger partial charge is 0.494 e. The van der Waals surface area contributed by atoms with Crippen molar-refractivity contribution in [3.8, 4) is 23.1 Å². The number of unbranched alkanes of at least 4 members (excludes halogenated alkanes) is 1. The van der Waals surface area contributed by atoms with Crippen molar-refractivity contribution in [2.75, 3.05) is 14.2 Å². The van der Waals surface area contributed by atoms with E-state index in [1.165, 1.54) is 31.0 Å². The molecule has 2 heterocycles. The second kappa shape index (κ2) is 9.46. The maximum atomic E-state index is 13.5. The second-order valence-corrected chi connectivity index (χ2v) is 9.98. The summed E-state index contributed by atoms with van der Waals surface area (Å²) in [6, 6.07) is 8.04. The molecule has 1 aliphatic carbocycles. The molecule has 0 unspecified atom stereocenters. The zero-order valence-electron chi connectivity index (χ0n) is 19.3. The van der Waals surface area contributed by atoms with Crippen molar-refractivity contribution in [2.45, 2.75) is 54.9 Å². The van der Waals surface area contributed by atoms with Gasteiger partial charge in [-0.1, -0.05) is 25.5 Å². The molecule has 0 aliphatic heterocycles. The highest BCUT2D eigenvalue weighted by Crippen LogP contribution is 2.40. The van der Waals surface area contributed by atoms with E-state index in [4.69, 9.17) is 9.47 Å². The smallest absolute Gasteiger partial charge is 0.296 e. The van der Waals surface area contributed by atoms with E-state index < -0.39 is 26.2 Å². The third-order valence-electron chi connectivity index (χ3n) is 5.83. The second-order valence-electron chi connectivity index (χ2n) is 8.14. The Morgan fingerprint density at radius 3 is 2.32 bits per heavy atom. The zero-order chi connectivity index (χ0) is 24.5. The van der Waals surface area contributed by atoms with Gasteiger partial charge in [-0.15, -0.1) is 0 Å². The van der Waals surface area contributed by atoms with Gasteiger partial charge in [-0.2, -0.15) is 4.98 Å². The fourth-order valence-corrected chi connectivity index (χ4v) is 5.13. The van der Waals surface area contributed by atoms with Gasteiger partial charge in [0.2, 0.25) is 20.6 Å². The number of para-hydroxylation sites is 1. The summed E-state index contributed by atoms with van der Waals surface area (Å²) in [5.74, 6) is 0.457. The Bertz CT molecular complexity index is 1340. The van der Waals surface area contributed by atoms with E-state index >= 15 is 0 Å². The van der Waals surface area contributed by atoms with Crippen molar-refractivity contribution >= 4 is 9.84 Å². The van der Waals surface area contributed by atoms with Crippen LogP contribution in [0, 0.1) is 0 Å². The number of hydrogen-bond donors (Lipinski definition) is 1. The lowest BCUT2D eigenvalue weighted by Gasteiger charge is -2.21. The first-order chi connectivity index (χ1) is 16.3. The molecule has 1 fully saturated rings. The molecule has 0 bridgehead atoms. The lowest BCUT2D eigenvalue weighted by molar-refractivity contribution is 0.374. The predicted octanol–water partition coefficient (Wildman–Crippen LogP) is 3.40. The Morgan fingerprint density at radius 2 is 1.79 bits per heavy atom. The summed E-state index contributed by atoms with van der Waals surface area (Å²) in [5.41, 5.74) is 0.159. The number of aromatic hydroxyl groups is 1. The summed E-state index contributed by atoms with van der Waals surface area (Å²) in [7, 11) is -1.58. The first kappa shape index (κ1) is 23.7. The van der Waals surface area contributed by atoms with Crippen LogP contribution in [-0.4, -0.2) is 42.3 Å². The summed E-state index contributed by atoms with van der Waals surface area (Å²) in [5, 5.41) is 11.0. The molecule has 1 N–H and O–H groups in total. The Hall–Kier alpha value is -3.40. The van der Waals surface area contributed by atoms with Gasteiger partial charge in [0.1, 0.15) is 23.0 Å². The third-order valence-corrected chi connectivity index (χ3v) is 7.52. The van der Waals surface area contributed by atoms with Gasteiger partial charge >= 0.3 is 0 Å². The van der Waals surface area contributed by atoms with Crippen LogP contribution in [0.25, 0.3) is 5.69 Å². The first-order valence-electron chi connectivity index (χ1n) is 11.1. The summed E-state index contributed by atoms with van der Waals surface area (Å²) in [6.07, 6.45) is 5.39. The minimum absolute atomic E-state index is 0.197. The van der Waals surface area contributed by atoms with E-state index in [2.05, 4.69) is 9.97 Å². The Kier molecular flexibility index (Phi) is 6.60. The molecule has 0 atom stereocenters. The number of methoxy groups -OCH3 is 2. The highest BCUT2D eigenvalue weighted by atomic mass is 32.2. The van der Waals surface area contributed by atoms with Gasteiger partial charge in [-0.3, -0.25) is 9.36 Å². The van der Waals surface area contributed by atoms with E-state index in [0.717, 1.165) is 24.8 Å². The van der Waals surface area contributed by atoms with E-state index in [0.29, 0.717) is 30.3 Å². The molecule has 0 spiro atoms. The molecule has 3 aromatic rings. The Labute approximate surface area is 198 Å². The molecule has 1 aliphatic rings. The van der Waals surface area contributed by atoms with E-state index in [-0.39, 0.29) is 16.5 Å². The molecular formula is C24H27N3O6S. The zero-order valence-corrected chi connectivity index (χ0v) is 20.1. The average molecular weight is 486 g/mol. The molecule has 0 amide bonds. The van der Waals surface area contributed by atoms with Crippen LogP contribution in [-0.2, 0) is 16.3 Å². The van der Waals surface area contributed by atoms with Gasteiger partial charge in [0, 0.05) is 12.6 Å². The summed E-state index contributed by atoms with van der Waals surface area (Å²) >= 11 is 0. The molecule has 34 heavy (non-hydrogen) atoms. The molecule has 4 rings (SSSR count). The maximum Gasteiger partial charge on any atom is 0.296 e. The number of rotatable bonds is 9. The fourth-order valence-electron chi connectivity index (χ4n) is 3.88. The van der Waals surface area contributed by atoms with Crippen LogP contribution in [0.4, 0.5) is 0 Å². The normalized spacial score (nSPS) is 13.6. The lowest BCUT2D eigenvalue weighted by atomic mass is 10.2. The fraction of sp³-hybridized carbons (Fsp3) is 0.375. The van der Waals surface area contributed by atoms with Gasteiger partial charge in [0.05, 0.1) is 14.2 Å². The van der Waals surface area contributed by atoms with Crippen LogP contribution in [0.15, 0.2) is 51.2 Å². The number of sulfone groups is 1. The Balaban J connectivity index is 1.97. The molecule has 0 radical (unpaired) electrons. The van der Waals surface area contributed by atoms with Gasteiger partial charge in [0.25, 0.3) is 5.56 Å². The van der Waals surface area contributed by atoms with Crippen molar-refractivity contribution in [3.63, 3.8) is 0 Å². The lowest BCUT2D eigenvalue weighted by Crippen LogP contribution is -2.25. The molecule has 1 aromatic carbocycles. The van der Waals surface area contributed by atoms with Crippen molar-refractivity contribution in [3.05, 3.63) is 58.3 Å². The standard InChI is InChI=1S/C24H27N3O6S/c1-4-5-9-19-26-23(28)22(34(30,31)20-13-12-16(14-25-20)15-10-11-15)24(29)27(19)21-17(32-2)7-6-8-18(21)33-3/h6-8,12-15,29H,4-5,9-11H2,1-3H3. The highest BCUT2D eigenvalue weighted by Gasteiger charge is 2.33. The van der Waals surface area contributed by atoms with E-state index in [1.54, 1.807) is 24.3 Å². The first-order valence-corrected chi connectivity index (χ1v) is 12.6. The molecule has 1 saturated carbocycles. The number of aromatic nitrogens is 3. The van der Waals surface area contributed by atoms with Gasteiger partial charge in [-0.25, -0.2) is 13.4 Å². The van der Waals surface area contributed by atoms with E-state index in [1.807, 2.05) is 6.92 Å². The number of pyridine rings is 1. The van der Waals surface area contributed by atoms with Crippen molar-refractivity contribution < 1.29 is 23.0 Å². The highest BCUT2D eigenvalue weighted by molar-refractivity contribution is 7.91. The SMILES string of the molecule is CCCCc1nc(=O)c(S(=O)(=O)c2ccc(C3CC3)cn2)c(O)n1-c1c(OC)cccc1OC. The number of aryl methyl sites for hydroxylation is 1. The number of ether oxygens (including phenoxy) is 2. The Morgan fingerprint density at radius 1 is 1.12 bits per heavy atom.